The van der Waals surface area contributed by atoms with Gasteiger partial charge >= 0.3 is 0 Å². The molecule has 1 N–H and O–H groups in total. The summed E-state index contributed by atoms with van der Waals surface area (Å²) in [6, 6.07) is 13.4. The van der Waals surface area contributed by atoms with E-state index in [1.807, 2.05) is 49.4 Å². The molecule has 94 valence electrons. The molecular weight excluding hydrogens is 292 g/mol. The molecule has 0 aliphatic carbocycles. The summed E-state index contributed by atoms with van der Waals surface area (Å²) in [5.41, 5.74) is 1.84. The minimum Gasteiger partial charge on any atom is -0.457 e. The number of aryl methyl sites for hydroxylation is 1. The highest BCUT2D eigenvalue weighted by Gasteiger charge is 2.10. The fraction of sp³-hybridized carbons (Fsp3) is 0.200. The van der Waals surface area contributed by atoms with Crippen LogP contribution in [-0.4, -0.2) is 5.11 Å². The van der Waals surface area contributed by atoms with Crippen molar-refractivity contribution < 1.29 is 9.84 Å². The molecule has 2 aromatic carbocycles. The highest BCUT2D eigenvalue weighted by molar-refractivity contribution is 9.10. The van der Waals surface area contributed by atoms with Crippen molar-refractivity contribution in [2.24, 2.45) is 0 Å². The smallest absolute Gasteiger partial charge is 0.133 e. The lowest BCUT2D eigenvalue weighted by atomic mass is 10.1. The molecule has 0 amide bonds. The van der Waals surface area contributed by atoms with E-state index in [2.05, 4.69) is 15.9 Å². The highest BCUT2D eigenvalue weighted by Crippen LogP contribution is 2.32. The second kappa shape index (κ2) is 5.55. The molecule has 0 aromatic heterocycles. The van der Waals surface area contributed by atoms with Gasteiger partial charge in [-0.25, -0.2) is 0 Å². The van der Waals surface area contributed by atoms with Crippen molar-refractivity contribution in [1.29, 1.82) is 0 Å². The van der Waals surface area contributed by atoms with E-state index in [-0.39, 0.29) is 0 Å². The number of aliphatic hydroxyl groups excluding tert-OH is 1. The lowest BCUT2D eigenvalue weighted by Crippen LogP contribution is -1.96. The van der Waals surface area contributed by atoms with Crippen molar-refractivity contribution in [3.63, 3.8) is 0 Å². The van der Waals surface area contributed by atoms with Crippen molar-refractivity contribution >= 4 is 15.9 Å². The first-order valence-corrected chi connectivity index (χ1v) is 6.58. The molecular formula is C15H15BrO2. The van der Waals surface area contributed by atoms with Crippen LogP contribution in [0, 0.1) is 6.92 Å². The number of aliphatic hydroxyl groups is 1. The van der Waals surface area contributed by atoms with Crippen LogP contribution in [0.4, 0.5) is 0 Å². The van der Waals surface area contributed by atoms with Crippen molar-refractivity contribution in [1.82, 2.24) is 0 Å². The minimum atomic E-state index is -0.544. The quantitative estimate of drug-likeness (QED) is 0.897. The summed E-state index contributed by atoms with van der Waals surface area (Å²) < 4.78 is 6.90. The Balaban J connectivity index is 2.34. The summed E-state index contributed by atoms with van der Waals surface area (Å²) in [6.45, 7) is 3.72. The van der Waals surface area contributed by atoms with Gasteiger partial charge in [-0.05, 0) is 43.7 Å². The van der Waals surface area contributed by atoms with E-state index in [0.717, 1.165) is 21.3 Å². The number of benzene rings is 2. The summed E-state index contributed by atoms with van der Waals surface area (Å²) in [5.74, 6) is 1.49. The van der Waals surface area contributed by atoms with E-state index in [0.29, 0.717) is 5.75 Å². The first kappa shape index (κ1) is 13.1. The summed E-state index contributed by atoms with van der Waals surface area (Å²) in [6.07, 6.45) is -0.544. The van der Waals surface area contributed by atoms with Gasteiger partial charge in [0.25, 0.3) is 0 Å². The Morgan fingerprint density at radius 3 is 2.50 bits per heavy atom. The third kappa shape index (κ3) is 2.92. The van der Waals surface area contributed by atoms with Crippen LogP contribution in [0.2, 0.25) is 0 Å². The molecule has 0 spiro atoms. The van der Waals surface area contributed by atoms with Gasteiger partial charge in [0.05, 0.1) is 6.10 Å². The molecule has 0 aliphatic heterocycles. The van der Waals surface area contributed by atoms with Crippen LogP contribution in [0.5, 0.6) is 11.5 Å². The molecule has 2 aromatic rings. The Bertz CT molecular complexity index is 550. The lowest BCUT2D eigenvalue weighted by Gasteiger charge is -2.14. The molecule has 0 saturated heterocycles. The van der Waals surface area contributed by atoms with Crippen LogP contribution in [0.15, 0.2) is 46.9 Å². The first-order valence-electron chi connectivity index (χ1n) is 5.79. The third-order valence-electron chi connectivity index (χ3n) is 2.73. The Morgan fingerprint density at radius 1 is 1.11 bits per heavy atom. The van der Waals surface area contributed by atoms with Gasteiger partial charge in [-0.1, -0.05) is 34.1 Å². The summed E-state index contributed by atoms with van der Waals surface area (Å²) >= 11 is 3.42. The number of ether oxygens (including phenoxy) is 1. The maximum absolute atomic E-state index is 9.71. The summed E-state index contributed by atoms with van der Waals surface area (Å²) in [7, 11) is 0. The van der Waals surface area contributed by atoms with E-state index in [1.54, 1.807) is 6.92 Å². The van der Waals surface area contributed by atoms with Gasteiger partial charge in [-0.3, -0.25) is 0 Å². The SMILES string of the molecule is Cc1cc(Br)ccc1Oc1ccccc1[C@@H](C)O. The van der Waals surface area contributed by atoms with Gasteiger partial charge in [-0.2, -0.15) is 0 Å². The maximum Gasteiger partial charge on any atom is 0.133 e. The predicted molar refractivity (Wildman–Crippen MR) is 76.0 cm³/mol. The number of halogens is 1. The van der Waals surface area contributed by atoms with Crippen LogP contribution in [0.1, 0.15) is 24.2 Å². The second-order valence-corrected chi connectivity index (χ2v) is 5.14. The van der Waals surface area contributed by atoms with Gasteiger partial charge in [0.1, 0.15) is 11.5 Å². The van der Waals surface area contributed by atoms with Gasteiger partial charge in [0.2, 0.25) is 0 Å². The number of hydrogen-bond donors (Lipinski definition) is 1. The largest absolute Gasteiger partial charge is 0.457 e. The fourth-order valence-electron chi connectivity index (χ4n) is 1.76. The Morgan fingerprint density at radius 2 is 1.83 bits per heavy atom. The average molecular weight is 307 g/mol. The molecule has 0 aliphatic rings. The molecule has 0 heterocycles. The molecule has 1 atom stereocenters. The average Bonchev–Trinajstić information content (AvgIpc) is 2.33. The second-order valence-electron chi connectivity index (χ2n) is 4.23. The maximum atomic E-state index is 9.71. The van der Waals surface area contributed by atoms with Crippen LogP contribution in [-0.2, 0) is 0 Å². The zero-order valence-corrected chi connectivity index (χ0v) is 11.9. The highest BCUT2D eigenvalue weighted by atomic mass is 79.9. The molecule has 0 bridgehead atoms. The van der Waals surface area contributed by atoms with Crippen molar-refractivity contribution in [2.45, 2.75) is 20.0 Å². The zero-order chi connectivity index (χ0) is 13.1. The molecule has 0 radical (unpaired) electrons. The van der Waals surface area contributed by atoms with Crippen molar-refractivity contribution in [2.75, 3.05) is 0 Å². The van der Waals surface area contributed by atoms with Crippen LogP contribution in [0.3, 0.4) is 0 Å². The van der Waals surface area contributed by atoms with Gasteiger partial charge in [-0.15, -0.1) is 0 Å². The van der Waals surface area contributed by atoms with Crippen LogP contribution in [0.25, 0.3) is 0 Å². The first-order chi connectivity index (χ1) is 8.58. The number of para-hydroxylation sites is 1. The number of rotatable bonds is 3. The molecule has 2 rings (SSSR count). The lowest BCUT2D eigenvalue weighted by molar-refractivity contribution is 0.195. The van der Waals surface area contributed by atoms with Gasteiger partial charge in [0, 0.05) is 10.0 Å². The standard InChI is InChI=1S/C15H15BrO2/c1-10-9-12(16)7-8-14(10)18-15-6-4-3-5-13(15)11(2)17/h3-9,11,17H,1-2H3/t11-/m1/s1. The van der Waals surface area contributed by atoms with E-state index in [1.165, 1.54) is 0 Å². The van der Waals surface area contributed by atoms with Gasteiger partial charge in [0.15, 0.2) is 0 Å². The number of hydrogen-bond acceptors (Lipinski definition) is 2. The Kier molecular flexibility index (Phi) is 4.04. The Labute approximate surface area is 115 Å². The molecule has 0 unspecified atom stereocenters. The van der Waals surface area contributed by atoms with E-state index in [9.17, 15) is 5.11 Å². The fourth-order valence-corrected chi connectivity index (χ4v) is 2.24. The van der Waals surface area contributed by atoms with Crippen LogP contribution < -0.4 is 4.74 Å². The predicted octanol–water partition coefficient (Wildman–Crippen LogP) is 4.60. The van der Waals surface area contributed by atoms with Crippen LogP contribution >= 0.6 is 15.9 Å². The molecule has 0 fully saturated rings. The minimum absolute atomic E-state index is 0.544. The van der Waals surface area contributed by atoms with E-state index in [4.69, 9.17) is 4.74 Å². The molecule has 2 nitrogen and oxygen atoms in total. The Hall–Kier alpha value is -1.32. The molecule has 0 saturated carbocycles. The van der Waals surface area contributed by atoms with Gasteiger partial charge < -0.3 is 9.84 Å². The third-order valence-corrected chi connectivity index (χ3v) is 3.22. The zero-order valence-electron chi connectivity index (χ0n) is 10.4. The van der Waals surface area contributed by atoms with E-state index >= 15 is 0 Å². The van der Waals surface area contributed by atoms with Crippen molar-refractivity contribution in [3.05, 3.63) is 58.1 Å². The monoisotopic (exact) mass is 306 g/mol. The molecule has 18 heavy (non-hydrogen) atoms. The topological polar surface area (TPSA) is 29.5 Å². The molecule has 3 heteroatoms. The van der Waals surface area contributed by atoms with E-state index < -0.39 is 6.10 Å². The summed E-state index contributed by atoms with van der Waals surface area (Å²) in [5, 5.41) is 9.71. The van der Waals surface area contributed by atoms with Crippen molar-refractivity contribution in [3.8, 4) is 11.5 Å². The summed E-state index contributed by atoms with van der Waals surface area (Å²) in [4.78, 5) is 0. The normalized spacial score (nSPS) is 12.2.